The molecule has 0 heterocycles. The van der Waals surface area contributed by atoms with E-state index in [0.29, 0.717) is 0 Å². The van der Waals surface area contributed by atoms with E-state index in [1.165, 1.54) is 0 Å². The molecule has 1 atom stereocenters. The minimum Gasteiger partial charge on any atom is -0.368 e. The van der Waals surface area contributed by atoms with Gasteiger partial charge in [-0.1, -0.05) is 13.8 Å². The number of carbonyl (C=O) groups is 2. The van der Waals surface area contributed by atoms with Crippen LogP contribution in [0.1, 0.15) is 13.8 Å². The van der Waals surface area contributed by atoms with Gasteiger partial charge in [0.1, 0.15) is 0 Å². The molecule has 0 saturated carbocycles. The van der Waals surface area contributed by atoms with E-state index in [2.05, 4.69) is 11.1 Å². The van der Waals surface area contributed by atoms with Crippen LogP contribution in [0.25, 0.3) is 0 Å². The van der Waals surface area contributed by atoms with Crippen LogP contribution in [0.3, 0.4) is 0 Å². The van der Waals surface area contributed by atoms with Crippen molar-refractivity contribution in [3.05, 3.63) is 0 Å². The Hall–Kier alpha value is -1.10. The van der Waals surface area contributed by atoms with Gasteiger partial charge in [-0.2, -0.15) is 0 Å². The third kappa shape index (κ3) is 3.92. The molecule has 0 aromatic rings. The fraction of sp³-hybridized carbons (Fsp3) is 0.714. The van der Waals surface area contributed by atoms with Crippen LogP contribution >= 0.6 is 0 Å². The van der Waals surface area contributed by atoms with Crippen LogP contribution in [0.15, 0.2) is 0 Å². The monoisotopic (exact) mass is 174 g/mol. The Labute approximate surface area is 71.5 Å². The van der Waals surface area contributed by atoms with Crippen molar-refractivity contribution >= 4 is 11.8 Å². The Morgan fingerprint density at radius 2 is 2.00 bits per heavy atom. The van der Waals surface area contributed by atoms with Crippen LogP contribution in [-0.4, -0.2) is 24.4 Å². The summed E-state index contributed by atoms with van der Waals surface area (Å²) in [5.41, 5.74) is 8.49. The average Bonchev–Trinajstić information content (AvgIpc) is 1.98. The molecule has 0 bridgehead atoms. The van der Waals surface area contributed by atoms with Crippen LogP contribution in [0.4, 0.5) is 0 Å². The number of hydrogen-bond acceptors (Lipinski definition) is 2. The molecule has 0 aliphatic rings. The number of nitrogens with one attached hydrogen (secondary N) is 1. The zero-order valence-electron chi connectivity index (χ0n) is 7.46. The second-order valence-electron chi connectivity index (χ2n) is 3.03. The van der Waals surface area contributed by atoms with Crippen LogP contribution in [0, 0.1) is 5.92 Å². The van der Waals surface area contributed by atoms with Gasteiger partial charge < -0.3 is 16.8 Å². The molecule has 1 unspecified atom stereocenters. The number of nitrogens with two attached hydrogens (primary N) is 1. The largest absolute Gasteiger partial charge is 0.368 e. The number of rotatable bonds is 4. The predicted molar refractivity (Wildman–Crippen MR) is 43.7 cm³/mol. The van der Waals surface area contributed by atoms with E-state index in [4.69, 9.17) is 5.73 Å². The standard InChI is InChI=1S/C7H15N3O2/c1-4(2)6(9)7(12)10-3-5(8)11/h4,6H,3,9H2,1-2H3,(H2,8,11)(H,10,12)/p+1. The number of carbonyl (C=O) groups excluding carboxylic acids is 2. The summed E-state index contributed by atoms with van der Waals surface area (Å²) in [7, 11) is 0. The average molecular weight is 174 g/mol. The third-order valence-corrected chi connectivity index (χ3v) is 1.58. The van der Waals surface area contributed by atoms with Gasteiger partial charge >= 0.3 is 0 Å². The van der Waals surface area contributed by atoms with Crippen molar-refractivity contribution in [1.29, 1.82) is 0 Å². The van der Waals surface area contributed by atoms with Crippen molar-refractivity contribution in [2.75, 3.05) is 6.54 Å². The van der Waals surface area contributed by atoms with Gasteiger partial charge in [-0.3, -0.25) is 9.59 Å². The lowest BCUT2D eigenvalue weighted by atomic mass is 10.1. The Balaban J connectivity index is 3.80. The summed E-state index contributed by atoms with van der Waals surface area (Å²) >= 11 is 0. The smallest absolute Gasteiger partial charge is 0.278 e. The summed E-state index contributed by atoms with van der Waals surface area (Å²) in [5, 5.41) is 2.39. The highest BCUT2D eigenvalue weighted by Crippen LogP contribution is 1.94. The van der Waals surface area contributed by atoms with Gasteiger partial charge in [0.25, 0.3) is 5.91 Å². The summed E-state index contributed by atoms with van der Waals surface area (Å²) in [6.45, 7) is 3.67. The highest BCUT2D eigenvalue weighted by atomic mass is 16.2. The molecule has 6 N–H and O–H groups in total. The molecule has 5 heteroatoms. The third-order valence-electron chi connectivity index (χ3n) is 1.58. The lowest BCUT2D eigenvalue weighted by Gasteiger charge is -2.10. The second-order valence-corrected chi connectivity index (χ2v) is 3.03. The maximum absolute atomic E-state index is 11.1. The Kier molecular flexibility index (Phi) is 4.28. The maximum Gasteiger partial charge on any atom is 0.278 e. The minimum absolute atomic E-state index is 0.114. The van der Waals surface area contributed by atoms with Crippen molar-refractivity contribution in [3.63, 3.8) is 0 Å². The van der Waals surface area contributed by atoms with Crippen molar-refractivity contribution < 1.29 is 15.3 Å². The van der Waals surface area contributed by atoms with E-state index in [-0.39, 0.29) is 24.4 Å². The van der Waals surface area contributed by atoms with E-state index in [1.54, 1.807) is 0 Å². The van der Waals surface area contributed by atoms with Gasteiger partial charge in [-0.25, -0.2) is 0 Å². The number of amides is 2. The maximum atomic E-state index is 11.1. The normalized spacial score (nSPS) is 12.7. The van der Waals surface area contributed by atoms with E-state index < -0.39 is 5.91 Å². The molecule has 5 nitrogen and oxygen atoms in total. The molecule has 0 aliphatic carbocycles. The topological polar surface area (TPSA) is 99.8 Å². The Bertz CT molecular complexity index is 179. The summed E-state index contributed by atoms with van der Waals surface area (Å²) in [4.78, 5) is 21.4. The van der Waals surface area contributed by atoms with Gasteiger partial charge in [-0.15, -0.1) is 0 Å². The molecule has 0 spiro atoms. The molecule has 12 heavy (non-hydrogen) atoms. The zero-order valence-corrected chi connectivity index (χ0v) is 7.46. The van der Waals surface area contributed by atoms with Crippen LogP contribution in [0.5, 0.6) is 0 Å². The van der Waals surface area contributed by atoms with Gasteiger partial charge in [0.15, 0.2) is 6.04 Å². The first-order valence-corrected chi connectivity index (χ1v) is 3.84. The molecule has 0 radical (unpaired) electrons. The van der Waals surface area contributed by atoms with Gasteiger partial charge in [0.2, 0.25) is 5.91 Å². The Morgan fingerprint density at radius 3 is 2.33 bits per heavy atom. The van der Waals surface area contributed by atoms with Crippen LogP contribution in [-0.2, 0) is 9.59 Å². The molecule has 70 valence electrons. The van der Waals surface area contributed by atoms with Crippen molar-refractivity contribution in [2.24, 2.45) is 11.7 Å². The summed E-state index contributed by atoms with van der Waals surface area (Å²) in [5.74, 6) is -0.610. The molecular formula is C7H16N3O2+. The molecular weight excluding hydrogens is 158 g/mol. The quantitative estimate of drug-likeness (QED) is 0.453. The lowest BCUT2D eigenvalue weighted by molar-refractivity contribution is -0.414. The molecule has 0 aromatic carbocycles. The van der Waals surface area contributed by atoms with E-state index in [0.717, 1.165) is 0 Å². The van der Waals surface area contributed by atoms with E-state index >= 15 is 0 Å². The SMILES string of the molecule is CC(C)C([NH3+])C(=O)NCC(N)=O. The fourth-order valence-corrected chi connectivity index (χ4v) is 0.608. The highest BCUT2D eigenvalue weighted by molar-refractivity contribution is 5.85. The molecule has 0 fully saturated rings. The zero-order chi connectivity index (χ0) is 9.72. The van der Waals surface area contributed by atoms with E-state index in [9.17, 15) is 9.59 Å². The van der Waals surface area contributed by atoms with Crippen molar-refractivity contribution in [1.82, 2.24) is 5.32 Å². The van der Waals surface area contributed by atoms with Crippen molar-refractivity contribution in [2.45, 2.75) is 19.9 Å². The summed E-state index contributed by atoms with van der Waals surface area (Å²) in [6, 6.07) is -0.329. The number of primary amides is 1. The molecule has 0 rings (SSSR count). The van der Waals surface area contributed by atoms with E-state index in [1.807, 2.05) is 13.8 Å². The first kappa shape index (κ1) is 10.9. The van der Waals surface area contributed by atoms with Gasteiger partial charge in [0, 0.05) is 5.92 Å². The first-order chi connectivity index (χ1) is 5.45. The molecule has 0 saturated heterocycles. The summed E-state index contributed by atoms with van der Waals surface area (Å²) in [6.07, 6.45) is 0. The highest BCUT2D eigenvalue weighted by Gasteiger charge is 2.20. The first-order valence-electron chi connectivity index (χ1n) is 3.84. The Morgan fingerprint density at radius 1 is 1.50 bits per heavy atom. The fourth-order valence-electron chi connectivity index (χ4n) is 0.608. The molecule has 0 aliphatic heterocycles. The second kappa shape index (κ2) is 4.71. The number of quaternary nitrogens is 1. The predicted octanol–water partition coefficient (Wildman–Crippen LogP) is -2.15. The summed E-state index contributed by atoms with van der Waals surface area (Å²) < 4.78 is 0. The van der Waals surface area contributed by atoms with Crippen LogP contribution in [0.2, 0.25) is 0 Å². The van der Waals surface area contributed by atoms with Gasteiger partial charge in [-0.05, 0) is 0 Å². The molecule has 2 amide bonds. The lowest BCUT2D eigenvalue weighted by Crippen LogP contribution is -2.70. The number of hydrogen-bond donors (Lipinski definition) is 3. The van der Waals surface area contributed by atoms with Gasteiger partial charge in [0.05, 0.1) is 6.54 Å². The minimum atomic E-state index is -0.542. The molecule has 0 aromatic heterocycles. The van der Waals surface area contributed by atoms with Crippen molar-refractivity contribution in [3.8, 4) is 0 Å². The van der Waals surface area contributed by atoms with Crippen LogP contribution < -0.4 is 16.8 Å².